The van der Waals surface area contributed by atoms with Crippen molar-refractivity contribution in [2.24, 2.45) is 5.92 Å². The minimum absolute atomic E-state index is 0.0872. The van der Waals surface area contributed by atoms with E-state index in [1.165, 1.54) is 6.07 Å². The average Bonchev–Trinajstić information content (AvgIpc) is 2.92. The van der Waals surface area contributed by atoms with Crippen molar-refractivity contribution in [3.63, 3.8) is 0 Å². The van der Waals surface area contributed by atoms with Crippen molar-refractivity contribution >= 4 is 17.1 Å². The number of nitrogens with zero attached hydrogens (tertiary/aromatic N) is 1. The van der Waals surface area contributed by atoms with E-state index in [9.17, 15) is 10.1 Å². The maximum absolute atomic E-state index is 10.9. The Morgan fingerprint density at radius 3 is 2.74 bits per heavy atom. The van der Waals surface area contributed by atoms with Crippen LogP contribution in [0.15, 0.2) is 18.2 Å². The zero-order chi connectivity index (χ0) is 13.8. The summed E-state index contributed by atoms with van der Waals surface area (Å²) in [5, 5.41) is 17.2. The van der Waals surface area contributed by atoms with Crippen LogP contribution < -0.4 is 10.6 Å². The van der Waals surface area contributed by atoms with Gasteiger partial charge in [-0.25, -0.2) is 0 Å². The Kier molecular flexibility index (Phi) is 4.21. The molecule has 2 unspecified atom stereocenters. The molecule has 0 saturated carbocycles. The molecule has 104 valence electrons. The highest BCUT2D eigenvalue weighted by atomic mass is 16.6. The molecule has 2 N–H and O–H groups in total. The molecule has 0 aliphatic carbocycles. The quantitative estimate of drug-likeness (QED) is 0.631. The molecule has 1 aromatic carbocycles. The summed E-state index contributed by atoms with van der Waals surface area (Å²) in [6.07, 6.45) is 1.03. The van der Waals surface area contributed by atoms with Crippen LogP contribution in [0, 0.1) is 16.0 Å². The number of nitro groups is 1. The number of hydrogen-bond donors (Lipinski definition) is 2. The molecule has 0 radical (unpaired) electrons. The summed E-state index contributed by atoms with van der Waals surface area (Å²) in [5.74, 6) is 0.456. The smallest absolute Gasteiger partial charge is 0.273 e. The summed E-state index contributed by atoms with van der Waals surface area (Å²) in [4.78, 5) is 10.5. The summed E-state index contributed by atoms with van der Waals surface area (Å²) >= 11 is 0. The van der Waals surface area contributed by atoms with Gasteiger partial charge >= 0.3 is 0 Å². The van der Waals surface area contributed by atoms with Crippen molar-refractivity contribution < 1.29 is 9.66 Å². The monoisotopic (exact) mass is 265 g/mol. The van der Waals surface area contributed by atoms with Gasteiger partial charge in [0.2, 0.25) is 0 Å². The van der Waals surface area contributed by atoms with Crippen LogP contribution in [-0.2, 0) is 4.74 Å². The van der Waals surface area contributed by atoms with Gasteiger partial charge in [0, 0.05) is 49.1 Å². The third kappa shape index (κ3) is 3.35. The van der Waals surface area contributed by atoms with Gasteiger partial charge in [-0.15, -0.1) is 0 Å². The van der Waals surface area contributed by atoms with E-state index in [1.807, 2.05) is 6.07 Å². The van der Waals surface area contributed by atoms with Crippen LogP contribution in [-0.4, -0.2) is 31.2 Å². The lowest BCUT2D eigenvalue weighted by Gasteiger charge is -2.20. The Balaban J connectivity index is 2.14. The topological polar surface area (TPSA) is 76.4 Å². The molecule has 1 aliphatic heterocycles. The summed E-state index contributed by atoms with van der Waals surface area (Å²) in [6, 6.07) is 5.19. The van der Waals surface area contributed by atoms with Crippen molar-refractivity contribution in [1.29, 1.82) is 0 Å². The predicted molar refractivity (Wildman–Crippen MR) is 74.7 cm³/mol. The zero-order valence-corrected chi connectivity index (χ0v) is 11.2. The molecule has 2 rings (SSSR count). The minimum Gasteiger partial charge on any atom is -0.388 e. The molecule has 0 bridgehead atoms. The van der Waals surface area contributed by atoms with E-state index in [0.29, 0.717) is 5.92 Å². The van der Waals surface area contributed by atoms with Crippen molar-refractivity contribution in [3.8, 4) is 0 Å². The summed E-state index contributed by atoms with van der Waals surface area (Å²) in [6.45, 7) is 3.63. The first-order valence-electron chi connectivity index (χ1n) is 6.41. The van der Waals surface area contributed by atoms with E-state index in [4.69, 9.17) is 4.74 Å². The number of ether oxygens (including phenoxy) is 1. The minimum atomic E-state index is -0.380. The van der Waals surface area contributed by atoms with Crippen molar-refractivity contribution in [2.75, 3.05) is 30.9 Å². The average molecular weight is 265 g/mol. The second kappa shape index (κ2) is 5.88. The molecule has 2 atom stereocenters. The molecule has 6 heteroatoms. The molecule has 1 saturated heterocycles. The first-order valence-corrected chi connectivity index (χ1v) is 6.41. The molecule has 1 aromatic rings. The maximum atomic E-state index is 10.9. The molecule has 19 heavy (non-hydrogen) atoms. The highest BCUT2D eigenvalue weighted by molar-refractivity contribution is 5.63. The number of nitrogens with one attached hydrogen (secondary N) is 2. The van der Waals surface area contributed by atoms with Gasteiger partial charge in [0.05, 0.1) is 11.5 Å². The highest BCUT2D eigenvalue weighted by Gasteiger charge is 2.22. The van der Waals surface area contributed by atoms with Gasteiger partial charge in [-0.1, -0.05) is 0 Å². The molecular weight excluding hydrogens is 246 g/mol. The molecule has 0 aromatic heterocycles. The number of rotatable bonds is 5. The van der Waals surface area contributed by atoms with E-state index in [2.05, 4.69) is 17.6 Å². The van der Waals surface area contributed by atoms with Crippen molar-refractivity contribution in [3.05, 3.63) is 28.3 Å². The maximum Gasteiger partial charge on any atom is 0.273 e. The van der Waals surface area contributed by atoms with Crippen LogP contribution >= 0.6 is 0 Å². The zero-order valence-electron chi connectivity index (χ0n) is 11.2. The van der Waals surface area contributed by atoms with Crippen molar-refractivity contribution in [2.45, 2.75) is 19.4 Å². The lowest BCUT2D eigenvalue weighted by atomic mass is 10.0. The third-order valence-corrected chi connectivity index (χ3v) is 3.48. The van der Waals surface area contributed by atoms with Gasteiger partial charge in [-0.05, 0) is 19.4 Å². The molecule has 1 heterocycles. The van der Waals surface area contributed by atoms with Crippen LogP contribution in [0.3, 0.4) is 0 Å². The first-order chi connectivity index (χ1) is 9.10. The standard InChI is InChI=1S/C13H19N3O3/c1-9(10-3-4-19-8-10)15-12-5-11(14-2)6-13(7-12)16(17)18/h5-7,9-10,14-15H,3-4,8H2,1-2H3. The number of anilines is 2. The van der Waals surface area contributed by atoms with Gasteiger partial charge in [0.25, 0.3) is 5.69 Å². The largest absolute Gasteiger partial charge is 0.388 e. The normalized spacial score (nSPS) is 20.0. The van der Waals surface area contributed by atoms with Crippen LogP contribution in [0.2, 0.25) is 0 Å². The van der Waals surface area contributed by atoms with Crippen LogP contribution in [0.1, 0.15) is 13.3 Å². The van der Waals surface area contributed by atoms with Gasteiger partial charge in [-0.3, -0.25) is 10.1 Å². The van der Waals surface area contributed by atoms with Crippen molar-refractivity contribution in [1.82, 2.24) is 0 Å². The van der Waals surface area contributed by atoms with Crippen LogP contribution in [0.25, 0.3) is 0 Å². The van der Waals surface area contributed by atoms with E-state index in [0.717, 1.165) is 31.0 Å². The van der Waals surface area contributed by atoms with Gasteiger partial charge in [-0.2, -0.15) is 0 Å². The highest BCUT2D eigenvalue weighted by Crippen LogP contribution is 2.26. The third-order valence-electron chi connectivity index (χ3n) is 3.48. The van der Waals surface area contributed by atoms with Crippen LogP contribution in [0.5, 0.6) is 0 Å². The molecule has 1 aliphatic rings. The first kappa shape index (κ1) is 13.6. The Morgan fingerprint density at radius 1 is 1.42 bits per heavy atom. The van der Waals surface area contributed by atoms with Gasteiger partial charge in [0.15, 0.2) is 0 Å². The number of nitro benzene ring substituents is 1. The fourth-order valence-corrected chi connectivity index (χ4v) is 2.27. The lowest BCUT2D eigenvalue weighted by molar-refractivity contribution is -0.384. The molecular formula is C13H19N3O3. The van der Waals surface area contributed by atoms with E-state index < -0.39 is 0 Å². The molecule has 0 spiro atoms. The van der Waals surface area contributed by atoms with E-state index in [-0.39, 0.29) is 16.7 Å². The van der Waals surface area contributed by atoms with Crippen LogP contribution in [0.4, 0.5) is 17.1 Å². The van der Waals surface area contributed by atoms with Gasteiger partial charge < -0.3 is 15.4 Å². The second-order valence-corrected chi connectivity index (χ2v) is 4.83. The van der Waals surface area contributed by atoms with E-state index in [1.54, 1.807) is 13.1 Å². The fourth-order valence-electron chi connectivity index (χ4n) is 2.27. The Hall–Kier alpha value is -1.82. The molecule has 1 fully saturated rings. The second-order valence-electron chi connectivity index (χ2n) is 4.83. The predicted octanol–water partition coefficient (Wildman–Crippen LogP) is 2.47. The summed E-state index contributed by atoms with van der Waals surface area (Å²) in [7, 11) is 1.75. The Bertz CT molecular complexity index is 458. The number of hydrogen-bond acceptors (Lipinski definition) is 5. The summed E-state index contributed by atoms with van der Waals surface area (Å²) in [5.41, 5.74) is 1.58. The number of benzene rings is 1. The lowest BCUT2D eigenvalue weighted by Crippen LogP contribution is -2.26. The molecule has 0 amide bonds. The number of non-ortho nitro benzene ring substituents is 1. The fraction of sp³-hybridized carbons (Fsp3) is 0.538. The molecule has 6 nitrogen and oxygen atoms in total. The SMILES string of the molecule is CNc1cc(NC(C)C2CCOC2)cc([N+](=O)[O-])c1. The van der Waals surface area contributed by atoms with Gasteiger partial charge in [0.1, 0.15) is 0 Å². The Morgan fingerprint density at radius 2 is 2.16 bits per heavy atom. The Labute approximate surface area is 112 Å². The van der Waals surface area contributed by atoms with E-state index >= 15 is 0 Å². The summed E-state index contributed by atoms with van der Waals surface area (Å²) < 4.78 is 5.36.